The molecule has 0 unspecified atom stereocenters. The first-order valence-corrected chi connectivity index (χ1v) is 14.1. The van der Waals surface area contributed by atoms with E-state index in [1.54, 1.807) is 19.3 Å². The second-order valence-electron chi connectivity index (χ2n) is 12.1. The molecule has 1 atom stereocenters. The van der Waals surface area contributed by atoms with E-state index in [0.29, 0.717) is 43.6 Å². The van der Waals surface area contributed by atoms with Gasteiger partial charge >= 0.3 is 24.4 Å². The molecule has 7 nitrogen and oxygen atoms in total. The minimum absolute atomic E-state index is 0.163. The number of hydrogen-bond donors (Lipinski definition) is 0. The fourth-order valence-electron chi connectivity index (χ4n) is 6.37. The Morgan fingerprint density at radius 2 is 1.83 bits per heavy atom. The summed E-state index contributed by atoms with van der Waals surface area (Å²) in [6, 6.07) is 8.25. The Labute approximate surface area is 235 Å². The molecule has 6 rings (SSSR count). The number of aromatic nitrogens is 2. The molecule has 1 saturated heterocycles. The van der Waals surface area contributed by atoms with E-state index >= 15 is 0 Å². The summed E-state index contributed by atoms with van der Waals surface area (Å²) in [5.41, 5.74) is -1.14. The minimum atomic E-state index is -4.66. The Morgan fingerprint density at radius 1 is 1.10 bits per heavy atom. The fourth-order valence-corrected chi connectivity index (χ4v) is 6.37. The molecule has 2 aromatic heterocycles. The number of nitrogens with zero attached hydrogens (tertiary/aromatic N) is 6. The molecule has 217 valence electrons. The van der Waals surface area contributed by atoms with Gasteiger partial charge in [0.15, 0.2) is 0 Å². The molecular formula is C30H34F4N6O+. The van der Waals surface area contributed by atoms with Crippen molar-refractivity contribution in [3.8, 4) is 5.69 Å². The van der Waals surface area contributed by atoms with Crippen molar-refractivity contribution in [2.75, 3.05) is 20.1 Å². The number of halogens is 4. The van der Waals surface area contributed by atoms with E-state index in [1.165, 1.54) is 17.0 Å². The first-order valence-electron chi connectivity index (χ1n) is 14.1. The Hall–Kier alpha value is -3.34. The first-order chi connectivity index (χ1) is 19.4. The molecule has 1 radical (unpaired) electrons. The smallest absolute Gasteiger partial charge is 0.296 e. The third-order valence-corrected chi connectivity index (χ3v) is 9.31. The van der Waals surface area contributed by atoms with Crippen LogP contribution in [-0.2, 0) is 11.6 Å². The van der Waals surface area contributed by atoms with Crippen molar-refractivity contribution < 1.29 is 22.1 Å². The van der Waals surface area contributed by atoms with Crippen LogP contribution in [0.5, 0.6) is 0 Å². The maximum Gasteiger partial charge on any atom is 0.418 e. The van der Waals surface area contributed by atoms with Gasteiger partial charge in [-0.05, 0) is 74.0 Å². The summed E-state index contributed by atoms with van der Waals surface area (Å²) in [5.74, 6) is 0. The number of imidazole rings is 1. The Bertz CT molecular complexity index is 1590. The van der Waals surface area contributed by atoms with Crippen LogP contribution in [-0.4, -0.2) is 50.6 Å². The quantitative estimate of drug-likeness (QED) is 0.253. The van der Waals surface area contributed by atoms with E-state index in [9.17, 15) is 22.4 Å². The predicted octanol–water partition coefficient (Wildman–Crippen LogP) is 6.43. The SMILES string of the molecule is C[C@@H](c1cc(C(F)(F)F)c2cn(-c3cccc(C4(C[C]5N=NC=[N+]5C)CCC4)c3)c(=O)n2c1)N1CCC(C)(F)CC1. The van der Waals surface area contributed by atoms with Crippen LogP contribution >= 0.6 is 0 Å². The van der Waals surface area contributed by atoms with Crippen molar-refractivity contribution in [2.24, 2.45) is 10.2 Å². The van der Waals surface area contributed by atoms with Gasteiger partial charge in [-0.15, -0.1) is 0 Å². The van der Waals surface area contributed by atoms with Gasteiger partial charge in [0.25, 0.3) is 0 Å². The van der Waals surface area contributed by atoms with Crippen LogP contribution in [0, 0.1) is 6.17 Å². The number of hydrogen-bond acceptors (Lipinski definition) is 4. The van der Waals surface area contributed by atoms with Crippen LogP contribution in [0.3, 0.4) is 0 Å². The molecule has 0 spiro atoms. The summed E-state index contributed by atoms with van der Waals surface area (Å²) >= 11 is 0. The van der Waals surface area contributed by atoms with Crippen molar-refractivity contribution in [1.82, 2.24) is 13.9 Å². The average Bonchev–Trinajstić information content (AvgIpc) is 3.46. The van der Waals surface area contributed by atoms with Gasteiger partial charge in [-0.3, -0.25) is 13.9 Å². The van der Waals surface area contributed by atoms with Gasteiger partial charge in [0.1, 0.15) is 5.67 Å². The fraction of sp³-hybridized carbons (Fsp3) is 0.500. The van der Waals surface area contributed by atoms with Gasteiger partial charge in [0, 0.05) is 43.4 Å². The predicted molar refractivity (Wildman–Crippen MR) is 147 cm³/mol. The number of piperidine rings is 1. The van der Waals surface area contributed by atoms with Crippen LogP contribution in [0.4, 0.5) is 17.6 Å². The van der Waals surface area contributed by atoms with Gasteiger partial charge in [-0.1, -0.05) is 18.6 Å². The standard InChI is InChI=1S/C30H34F4N6O/c1-20(38-12-10-28(2,31)11-13-38)21-14-24(30(32,33)34)25-18-39(27(41)40(25)17-21)23-7-4-6-22(15-23)29(8-5-9-29)16-26-36-35-19-37(26)3/h4,6-7,14-15,17-20H,5,8-13,16H2,1-3H3/q+1/t20-/m0/s1. The molecule has 2 fully saturated rings. The summed E-state index contributed by atoms with van der Waals surface area (Å²) in [4.78, 5) is 15.6. The van der Waals surface area contributed by atoms with Crippen LogP contribution in [0.15, 0.2) is 57.7 Å². The number of likely N-dealkylation sites (tertiary alicyclic amines) is 1. The lowest BCUT2D eigenvalue weighted by Gasteiger charge is -2.42. The Kier molecular flexibility index (Phi) is 6.71. The summed E-state index contributed by atoms with van der Waals surface area (Å²) in [7, 11) is 1.90. The van der Waals surface area contributed by atoms with Crippen molar-refractivity contribution in [2.45, 2.75) is 75.7 Å². The summed E-state index contributed by atoms with van der Waals surface area (Å²) in [6.07, 6.45) is 4.95. The highest BCUT2D eigenvalue weighted by Gasteiger charge is 2.44. The van der Waals surface area contributed by atoms with Crippen molar-refractivity contribution in [3.63, 3.8) is 0 Å². The van der Waals surface area contributed by atoms with Crippen molar-refractivity contribution in [3.05, 3.63) is 76.1 Å². The van der Waals surface area contributed by atoms with E-state index in [-0.39, 0.29) is 10.9 Å². The highest BCUT2D eigenvalue weighted by atomic mass is 19.4. The number of fused-ring (bicyclic) bond motifs is 1. The number of rotatable bonds is 6. The number of pyridine rings is 1. The average molecular weight is 571 g/mol. The second kappa shape index (κ2) is 9.89. The first kappa shape index (κ1) is 27.8. The van der Waals surface area contributed by atoms with Crippen LogP contribution in [0.2, 0.25) is 0 Å². The maximum atomic E-state index is 14.4. The molecule has 3 aromatic rings. The molecule has 4 heterocycles. The van der Waals surface area contributed by atoms with Gasteiger partial charge in [0.05, 0.1) is 28.9 Å². The zero-order valence-corrected chi connectivity index (χ0v) is 23.5. The lowest BCUT2D eigenvalue weighted by Crippen LogP contribution is -2.41. The molecule has 2 aliphatic heterocycles. The largest absolute Gasteiger partial charge is 0.418 e. The Balaban J connectivity index is 1.39. The molecular weight excluding hydrogens is 536 g/mol. The van der Waals surface area contributed by atoms with Crippen LogP contribution < -0.4 is 5.69 Å². The monoisotopic (exact) mass is 570 g/mol. The molecule has 11 heteroatoms. The summed E-state index contributed by atoms with van der Waals surface area (Å²) in [6.45, 7) is 4.24. The van der Waals surface area contributed by atoms with E-state index in [0.717, 1.165) is 41.5 Å². The van der Waals surface area contributed by atoms with Gasteiger partial charge < -0.3 is 0 Å². The highest BCUT2D eigenvalue weighted by molar-refractivity contribution is 5.58. The van der Waals surface area contributed by atoms with Gasteiger partial charge in [0.2, 0.25) is 0 Å². The van der Waals surface area contributed by atoms with Crippen molar-refractivity contribution >= 4 is 11.9 Å². The van der Waals surface area contributed by atoms with E-state index in [4.69, 9.17) is 0 Å². The van der Waals surface area contributed by atoms with E-state index in [1.807, 2.05) is 41.6 Å². The lowest BCUT2D eigenvalue weighted by molar-refractivity contribution is -0.477. The molecule has 1 aromatic carbocycles. The zero-order chi connectivity index (χ0) is 29.2. The molecule has 41 heavy (non-hydrogen) atoms. The van der Waals surface area contributed by atoms with Gasteiger partial charge in [-0.25, -0.2) is 13.8 Å². The molecule has 1 saturated carbocycles. The molecule has 3 aliphatic rings. The molecule has 0 bridgehead atoms. The lowest BCUT2D eigenvalue weighted by atomic mass is 9.62. The third kappa shape index (κ3) is 5.02. The van der Waals surface area contributed by atoms with E-state index in [2.05, 4.69) is 10.2 Å². The number of alkyl halides is 4. The normalized spacial score (nSPS) is 21.7. The molecule has 1 aliphatic carbocycles. The maximum absolute atomic E-state index is 14.4. The molecule has 0 amide bonds. The third-order valence-electron chi connectivity index (χ3n) is 9.31. The van der Waals surface area contributed by atoms with E-state index < -0.39 is 29.1 Å². The minimum Gasteiger partial charge on any atom is -0.296 e. The van der Waals surface area contributed by atoms with Crippen LogP contribution in [0.25, 0.3) is 11.2 Å². The number of benzene rings is 1. The Morgan fingerprint density at radius 3 is 2.44 bits per heavy atom. The second-order valence-corrected chi connectivity index (χ2v) is 12.1. The number of azo groups is 1. The van der Waals surface area contributed by atoms with Crippen LogP contribution in [0.1, 0.15) is 75.1 Å². The zero-order valence-electron chi connectivity index (χ0n) is 23.5. The molecule has 0 N–H and O–H groups in total. The highest BCUT2D eigenvalue weighted by Crippen LogP contribution is 2.49. The van der Waals surface area contributed by atoms with Crippen molar-refractivity contribution in [1.29, 1.82) is 0 Å². The van der Waals surface area contributed by atoms with Gasteiger partial charge in [-0.2, -0.15) is 13.2 Å². The summed E-state index contributed by atoms with van der Waals surface area (Å²) in [5, 5.41) is 8.25. The topological polar surface area (TPSA) is 57.4 Å². The summed E-state index contributed by atoms with van der Waals surface area (Å²) < 4.78 is 61.7.